The Bertz CT molecular complexity index is 778. The van der Waals surface area contributed by atoms with Gasteiger partial charge in [0.15, 0.2) is 5.70 Å². The summed E-state index contributed by atoms with van der Waals surface area (Å²) >= 11 is 3.43. The van der Waals surface area contributed by atoms with E-state index in [1.807, 2.05) is 55.5 Å². The maximum absolute atomic E-state index is 11.9. The number of benzene rings is 2. The van der Waals surface area contributed by atoms with E-state index in [-0.39, 0.29) is 0 Å². The molecule has 0 fully saturated rings. The van der Waals surface area contributed by atoms with Crippen molar-refractivity contribution >= 4 is 33.9 Å². The van der Waals surface area contributed by atoms with E-state index in [4.69, 9.17) is 4.74 Å². The lowest BCUT2D eigenvalue weighted by atomic mass is 10.1. The fraction of sp³-hybridized carbons (Fsp3) is 0.0588. The Hall–Kier alpha value is -2.20. The van der Waals surface area contributed by atoms with Crippen molar-refractivity contribution in [3.8, 4) is 0 Å². The maximum Gasteiger partial charge on any atom is 0.363 e. The van der Waals surface area contributed by atoms with Crippen LogP contribution >= 0.6 is 15.9 Å². The van der Waals surface area contributed by atoms with Crippen molar-refractivity contribution in [3.63, 3.8) is 0 Å². The summed E-state index contributed by atoms with van der Waals surface area (Å²) in [6, 6.07) is 15.4. The first-order chi connectivity index (χ1) is 10.1. The largest absolute Gasteiger partial charge is 0.402 e. The molecule has 1 aliphatic rings. The van der Waals surface area contributed by atoms with Crippen LogP contribution in [-0.4, -0.2) is 11.9 Å². The minimum Gasteiger partial charge on any atom is -0.402 e. The molecule has 0 amide bonds. The topological polar surface area (TPSA) is 38.7 Å². The van der Waals surface area contributed by atoms with Crippen molar-refractivity contribution in [2.45, 2.75) is 6.92 Å². The van der Waals surface area contributed by atoms with Crippen molar-refractivity contribution in [2.24, 2.45) is 4.99 Å². The standard InChI is InChI=1S/C17H12BrNO2/c1-11-5-4-6-12(9-11)10-15-17(20)21-16(19-15)13-7-2-3-8-14(13)18/h2-10H,1H3/b15-10+. The van der Waals surface area contributed by atoms with Gasteiger partial charge in [0.2, 0.25) is 5.90 Å². The SMILES string of the molecule is Cc1cccc(/C=C2/N=C(c3ccccc3Br)OC2=O)c1. The van der Waals surface area contributed by atoms with Gasteiger partial charge >= 0.3 is 5.97 Å². The van der Waals surface area contributed by atoms with Crippen molar-refractivity contribution in [3.05, 3.63) is 75.4 Å². The Balaban J connectivity index is 1.98. The predicted molar refractivity (Wildman–Crippen MR) is 85.9 cm³/mol. The first-order valence-corrected chi connectivity index (χ1v) is 7.27. The molecule has 0 bridgehead atoms. The highest BCUT2D eigenvalue weighted by molar-refractivity contribution is 9.10. The quantitative estimate of drug-likeness (QED) is 0.609. The molecular weight excluding hydrogens is 330 g/mol. The van der Waals surface area contributed by atoms with Gasteiger partial charge in [-0.05, 0) is 46.6 Å². The van der Waals surface area contributed by atoms with Crippen LogP contribution in [0.3, 0.4) is 0 Å². The minimum atomic E-state index is -0.428. The van der Waals surface area contributed by atoms with Gasteiger partial charge in [0.1, 0.15) is 0 Å². The van der Waals surface area contributed by atoms with Gasteiger partial charge in [0, 0.05) is 4.47 Å². The van der Waals surface area contributed by atoms with Crippen LogP contribution < -0.4 is 0 Å². The van der Waals surface area contributed by atoms with Crippen molar-refractivity contribution in [1.29, 1.82) is 0 Å². The maximum atomic E-state index is 11.9. The van der Waals surface area contributed by atoms with E-state index in [0.717, 1.165) is 21.2 Å². The number of aliphatic imine (C=N–C) groups is 1. The molecular formula is C17H12BrNO2. The molecule has 0 radical (unpaired) electrons. The lowest BCUT2D eigenvalue weighted by Crippen LogP contribution is -2.05. The molecule has 0 saturated heterocycles. The van der Waals surface area contributed by atoms with Crippen LogP contribution in [-0.2, 0) is 9.53 Å². The average molecular weight is 342 g/mol. The number of hydrogen-bond donors (Lipinski definition) is 0. The number of aryl methyl sites for hydroxylation is 1. The molecule has 0 N–H and O–H groups in total. The monoisotopic (exact) mass is 341 g/mol. The zero-order valence-electron chi connectivity index (χ0n) is 11.3. The fourth-order valence-corrected chi connectivity index (χ4v) is 2.53. The van der Waals surface area contributed by atoms with Crippen LogP contribution in [0.4, 0.5) is 0 Å². The molecule has 0 aliphatic carbocycles. The molecule has 21 heavy (non-hydrogen) atoms. The molecule has 104 valence electrons. The van der Waals surface area contributed by atoms with Crippen molar-refractivity contribution in [2.75, 3.05) is 0 Å². The molecule has 2 aromatic rings. The Morgan fingerprint density at radius 1 is 1.14 bits per heavy atom. The minimum absolute atomic E-state index is 0.311. The van der Waals surface area contributed by atoms with Gasteiger partial charge < -0.3 is 4.74 Å². The molecule has 0 atom stereocenters. The van der Waals surface area contributed by atoms with Crippen molar-refractivity contribution < 1.29 is 9.53 Å². The molecule has 3 rings (SSSR count). The van der Waals surface area contributed by atoms with Gasteiger partial charge in [-0.1, -0.05) is 42.0 Å². The smallest absolute Gasteiger partial charge is 0.363 e. The number of rotatable bonds is 2. The summed E-state index contributed by atoms with van der Waals surface area (Å²) in [6.07, 6.45) is 1.74. The Morgan fingerprint density at radius 3 is 2.71 bits per heavy atom. The average Bonchev–Trinajstić information content (AvgIpc) is 2.80. The molecule has 0 unspecified atom stereocenters. The molecule has 3 nitrogen and oxygen atoms in total. The fourth-order valence-electron chi connectivity index (χ4n) is 2.08. The van der Waals surface area contributed by atoms with Gasteiger partial charge in [-0.25, -0.2) is 9.79 Å². The van der Waals surface area contributed by atoms with Crippen LogP contribution in [0.25, 0.3) is 6.08 Å². The molecule has 0 saturated carbocycles. The predicted octanol–water partition coefficient (Wildman–Crippen LogP) is 4.10. The molecule has 4 heteroatoms. The number of esters is 1. The third kappa shape index (κ3) is 2.95. The van der Waals surface area contributed by atoms with Gasteiger partial charge in [-0.2, -0.15) is 0 Å². The number of ether oxygens (including phenoxy) is 1. The Labute approximate surface area is 131 Å². The Kier molecular flexibility index (Phi) is 3.71. The lowest BCUT2D eigenvalue weighted by Gasteiger charge is -2.01. The summed E-state index contributed by atoms with van der Waals surface area (Å²) in [7, 11) is 0. The van der Waals surface area contributed by atoms with Crippen LogP contribution in [0.2, 0.25) is 0 Å². The van der Waals surface area contributed by atoms with E-state index < -0.39 is 5.97 Å². The highest BCUT2D eigenvalue weighted by Gasteiger charge is 2.25. The summed E-state index contributed by atoms with van der Waals surface area (Å²) in [4.78, 5) is 16.2. The van der Waals surface area contributed by atoms with Crippen molar-refractivity contribution in [1.82, 2.24) is 0 Å². The zero-order valence-corrected chi connectivity index (χ0v) is 12.9. The van der Waals surface area contributed by atoms with Gasteiger partial charge in [-0.15, -0.1) is 0 Å². The van der Waals surface area contributed by atoms with Crippen LogP contribution in [0, 0.1) is 6.92 Å². The second-order valence-electron chi connectivity index (χ2n) is 4.73. The van der Waals surface area contributed by atoms with E-state index in [1.54, 1.807) is 6.08 Å². The number of carbonyl (C=O) groups is 1. The number of hydrogen-bond acceptors (Lipinski definition) is 3. The van der Waals surface area contributed by atoms with Crippen LogP contribution in [0.1, 0.15) is 16.7 Å². The summed E-state index contributed by atoms with van der Waals surface area (Å²) in [6.45, 7) is 2.00. The third-order valence-corrected chi connectivity index (χ3v) is 3.76. The first-order valence-electron chi connectivity index (χ1n) is 6.47. The normalized spacial score (nSPS) is 16.0. The third-order valence-electron chi connectivity index (χ3n) is 3.07. The lowest BCUT2D eigenvalue weighted by molar-refractivity contribution is -0.129. The summed E-state index contributed by atoms with van der Waals surface area (Å²) in [5.41, 5.74) is 3.13. The Morgan fingerprint density at radius 2 is 1.95 bits per heavy atom. The van der Waals surface area contributed by atoms with Gasteiger partial charge in [-0.3, -0.25) is 0 Å². The molecule has 0 spiro atoms. The number of cyclic esters (lactones) is 1. The second-order valence-corrected chi connectivity index (χ2v) is 5.58. The van der Waals surface area contributed by atoms with E-state index >= 15 is 0 Å². The number of nitrogens with zero attached hydrogens (tertiary/aromatic N) is 1. The highest BCUT2D eigenvalue weighted by Crippen LogP contribution is 2.23. The number of carbonyl (C=O) groups excluding carboxylic acids is 1. The summed E-state index contributed by atoms with van der Waals surface area (Å²) in [5, 5.41) is 0. The molecule has 1 aliphatic heterocycles. The molecule has 2 aromatic carbocycles. The summed E-state index contributed by atoms with van der Waals surface area (Å²) in [5.74, 6) is -0.103. The van der Waals surface area contributed by atoms with E-state index in [9.17, 15) is 4.79 Å². The zero-order chi connectivity index (χ0) is 14.8. The number of halogens is 1. The summed E-state index contributed by atoms with van der Waals surface area (Å²) < 4.78 is 6.10. The van der Waals surface area contributed by atoms with E-state index in [0.29, 0.717) is 11.6 Å². The van der Waals surface area contributed by atoms with Crippen LogP contribution in [0.15, 0.2) is 63.7 Å². The van der Waals surface area contributed by atoms with Crippen LogP contribution in [0.5, 0.6) is 0 Å². The van der Waals surface area contributed by atoms with E-state index in [1.165, 1.54) is 0 Å². The first kappa shape index (κ1) is 13.8. The molecule has 1 heterocycles. The van der Waals surface area contributed by atoms with E-state index in [2.05, 4.69) is 20.9 Å². The molecule has 0 aromatic heterocycles. The highest BCUT2D eigenvalue weighted by atomic mass is 79.9. The van der Waals surface area contributed by atoms with Gasteiger partial charge in [0.25, 0.3) is 0 Å². The van der Waals surface area contributed by atoms with Gasteiger partial charge in [0.05, 0.1) is 5.56 Å². The second kappa shape index (κ2) is 5.66.